The average molecular weight is 296 g/mol. The molecule has 3 rings (SSSR count). The fraction of sp³-hybridized carbons (Fsp3) is 0.133. The molecule has 0 bridgehead atoms. The largest absolute Gasteiger partial charge is 0.424 e. The van der Waals surface area contributed by atoms with Crippen molar-refractivity contribution in [2.24, 2.45) is 5.73 Å². The van der Waals surface area contributed by atoms with Crippen LogP contribution >= 0.6 is 0 Å². The molecular weight excluding hydrogens is 284 g/mol. The van der Waals surface area contributed by atoms with Crippen molar-refractivity contribution in [3.63, 3.8) is 0 Å². The van der Waals surface area contributed by atoms with E-state index in [-0.39, 0.29) is 22.9 Å². The quantitative estimate of drug-likeness (QED) is 0.710. The van der Waals surface area contributed by atoms with Gasteiger partial charge in [-0.05, 0) is 18.1 Å². The number of allylic oxidation sites excluding steroid dienone is 1. The van der Waals surface area contributed by atoms with Gasteiger partial charge in [-0.15, -0.1) is 0 Å². The van der Waals surface area contributed by atoms with Gasteiger partial charge in [0.2, 0.25) is 11.8 Å². The lowest BCUT2D eigenvalue weighted by atomic mass is 9.83. The second-order valence-corrected chi connectivity index (χ2v) is 4.93. The molecular formula is C15H12N4O3. The van der Waals surface area contributed by atoms with Gasteiger partial charge in [-0.2, -0.15) is 5.26 Å². The summed E-state index contributed by atoms with van der Waals surface area (Å²) in [6.45, 7) is 1.87. The zero-order valence-corrected chi connectivity index (χ0v) is 11.6. The van der Waals surface area contributed by atoms with Crippen LogP contribution in [0.5, 0.6) is 5.88 Å². The van der Waals surface area contributed by atoms with Crippen LogP contribution < -0.4 is 21.7 Å². The molecule has 22 heavy (non-hydrogen) atoms. The van der Waals surface area contributed by atoms with Crippen molar-refractivity contribution in [3.8, 4) is 11.9 Å². The molecule has 0 saturated heterocycles. The molecule has 2 heterocycles. The molecule has 0 aliphatic carbocycles. The fourth-order valence-corrected chi connectivity index (χ4v) is 2.61. The van der Waals surface area contributed by atoms with E-state index in [1.54, 1.807) is 0 Å². The highest BCUT2D eigenvalue weighted by molar-refractivity contribution is 5.54. The SMILES string of the molecule is Cc1ccccc1[C@H]1C(C#N)=C(N)Oc2[nH]c(=O)[nH]c(=O)c21. The smallest absolute Gasteiger partial charge is 0.328 e. The summed E-state index contributed by atoms with van der Waals surface area (Å²) < 4.78 is 5.25. The van der Waals surface area contributed by atoms with Gasteiger partial charge in [-0.3, -0.25) is 14.8 Å². The predicted molar refractivity (Wildman–Crippen MR) is 78.2 cm³/mol. The molecule has 1 aliphatic heterocycles. The van der Waals surface area contributed by atoms with E-state index >= 15 is 0 Å². The molecule has 1 aliphatic rings. The second-order valence-electron chi connectivity index (χ2n) is 4.93. The third kappa shape index (κ3) is 1.98. The first kappa shape index (κ1) is 13.7. The number of nitrogens with two attached hydrogens (primary N) is 1. The van der Waals surface area contributed by atoms with Crippen molar-refractivity contribution in [2.75, 3.05) is 0 Å². The molecule has 0 spiro atoms. The lowest BCUT2D eigenvalue weighted by molar-refractivity contribution is 0.373. The van der Waals surface area contributed by atoms with Crippen molar-refractivity contribution in [3.05, 3.63) is 73.3 Å². The summed E-state index contributed by atoms with van der Waals surface area (Å²) in [6, 6.07) is 9.34. The Morgan fingerprint density at radius 2 is 2.00 bits per heavy atom. The van der Waals surface area contributed by atoms with Crippen molar-refractivity contribution in [1.82, 2.24) is 9.97 Å². The molecule has 1 aromatic heterocycles. The van der Waals surface area contributed by atoms with E-state index in [0.717, 1.165) is 11.1 Å². The number of benzene rings is 1. The first-order valence-electron chi connectivity index (χ1n) is 6.52. The highest BCUT2D eigenvalue weighted by Crippen LogP contribution is 2.39. The molecule has 7 nitrogen and oxygen atoms in total. The number of hydrogen-bond acceptors (Lipinski definition) is 5. The summed E-state index contributed by atoms with van der Waals surface area (Å²) in [5.41, 5.74) is 6.44. The Morgan fingerprint density at radius 1 is 1.27 bits per heavy atom. The summed E-state index contributed by atoms with van der Waals surface area (Å²) >= 11 is 0. The van der Waals surface area contributed by atoms with Gasteiger partial charge in [-0.1, -0.05) is 24.3 Å². The molecule has 110 valence electrons. The summed E-state index contributed by atoms with van der Waals surface area (Å²) in [5.74, 6) is -0.835. The molecule has 1 atom stereocenters. The fourth-order valence-electron chi connectivity index (χ4n) is 2.61. The summed E-state index contributed by atoms with van der Waals surface area (Å²) in [5, 5.41) is 9.40. The minimum Gasteiger partial charge on any atom is -0.424 e. The number of aryl methyl sites for hydroxylation is 1. The van der Waals surface area contributed by atoms with Gasteiger partial charge in [0.1, 0.15) is 11.6 Å². The Kier molecular flexibility index (Phi) is 3.07. The number of aromatic nitrogens is 2. The first-order valence-corrected chi connectivity index (χ1v) is 6.52. The zero-order chi connectivity index (χ0) is 15.9. The van der Waals surface area contributed by atoms with Gasteiger partial charge in [0.05, 0.1) is 11.5 Å². The lowest BCUT2D eigenvalue weighted by Gasteiger charge is -2.25. The monoisotopic (exact) mass is 296 g/mol. The predicted octanol–water partition coefficient (Wildman–Crippen LogP) is 0.590. The third-order valence-electron chi connectivity index (χ3n) is 3.62. The number of ether oxygens (including phenoxy) is 1. The molecule has 7 heteroatoms. The van der Waals surface area contributed by atoms with Crippen molar-refractivity contribution in [1.29, 1.82) is 5.26 Å². The van der Waals surface area contributed by atoms with Crippen LogP contribution in [0.1, 0.15) is 22.6 Å². The number of aromatic amines is 2. The van der Waals surface area contributed by atoms with Gasteiger partial charge in [0.15, 0.2) is 0 Å². The Hall–Kier alpha value is -3.27. The highest BCUT2D eigenvalue weighted by atomic mass is 16.5. The van der Waals surface area contributed by atoms with Gasteiger partial charge in [0, 0.05) is 0 Å². The van der Waals surface area contributed by atoms with Crippen LogP contribution in [0.15, 0.2) is 45.3 Å². The Labute approximate surface area is 124 Å². The van der Waals surface area contributed by atoms with E-state index in [1.165, 1.54) is 0 Å². The van der Waals surface area contributed by atoms with Crippen LogP contribution in [0.3, 0.4) is 0 Å². The maximum atomic E-state index is 12.2. The van der Waals surface area contributed by atoms with Gasteiger partial charge < -0.3 is 10.5 Å². The number of nitrogens with one attached hydrogen (secondary N) is 2. The Balaban J connectivity index is 2.38. The van der Waals surface area contributed by atoms with E-state index in [2.05, 4.69) is 9.97 Å². The minimum atomic E-state index is -0.694. The Bertz CT molecular complexity index is 946. The average Bonchev–Trinajstić information content (AvgIpc) is 2.46. The standard InChI is InChI=1S/C15H12N4O3/c1-7-4-2-3-5-8(7)10-9(6-16)12(17)22-14-11(10)13(20)18-15(21)19-14/h2-5,10H,17H2,1H3,(H2,18,19,20,21)/t10-/m0/s1. The molecule has 2 aromatic rings. The molecule has 0 amide bonds. The van der Waals surface area contributed by atoms with Crippen LogP contribution in [0, 0.1) is 18.3 Å². The molecule has 0 unspecified atom stereocenters. The van der Waals surface area contributed by atoms with E-state index in [1.807, 2.05) is 37.3 Å². The van der Waals surface area contributed by atoms with E-state index in [4.69, 9.17) is 10.5 Å². The number of H-pyrrole nitrogens is 2. The Morgan fingerprint density at radius 3 is 2.68 bits per heavy atom. The molecule has 0 fully saturated rings. The highest BCUT2D eigenvalue weighted by Gasteiger charge is 2.34. The van der Waals surface area contributed by atoms with E-state index in [0.29, 0.717) is 0 Å². The summed E-state index contributed by atoms with van der Waals surface area (Å²) in [7, 11) is 0. The first-order chi connectivity index (χ1) is 10.5. The maximum Gasteiger partial charge on any atom is 0.328 e. The number of rotatable bonds is 1. The molecule has 0 radical (unpaired) electrons. The third-order valence-corrected chi connectivity index (χ3v) is 3.62. The molecule has 0 saturated carbocycles. The number of nitriles is 1. The normalized spacial score (nSPS) is 16.6. The summed E-state index contributed by atoms with van der Waals surface area (Å²) in [6.07, 6.45) is 0. The van der Waals surface area contributed by atoms with E-state index < -0.39 is 17.2 Å². The molecule has 4 N–H and O–H groups in total. The van der Waals surface area contributed by atoms with Crippen molar-refractivity contribution in [2.45, 2.75) is 12.8 Å². The van der Waals surface area contributed by atoms with Gasteiger partial charge >= 0.3 is 5.69 Å². The van der Waals surface area contributed by atoms with Crippen LogP contribution in [-0.4, -0.2) is 9.97 Å². The minimum absolute atomic E-state index is 0.0292. The van der Waals surface area contributed by atoms with Crippen LogP contribution in [0.25, 0.3) is 0 Å². The second kappa shape index (κ2) is 4.93. The van der Waals surface area contributed by atoms with Crippen molar-refractivity contribution >= 4 is 0 Å². The van der Waals surface area contributed by atoms with Gasteiger partial charge in [0.25, 0.3) is 5.56 Å². The topological polar surface area (TPSA) is 125 Å². The number of nitrogens with zero attached hydrogens (tertiary/aromatic N) is 1. The number of hydrogen-bond donors (Lipinski definition) is 3. The van der Waals surface area contributed by atoms with Crippen LogP contribution in [-0.2, 0) is 0 Å². The van der Waals surface area contributed by atoms with Crippen molar-refractivity contribution < 1.29 is 4.74 Å². The molecule has 1 aromatic carbocycles. The maximum absolute atomic E-state index is 12.2. The lowest BCUT2D eigenvalue weighted by Crippen LogP contribution is -2.33. The van der Waals surface area contributed by atoms with Crippen LogP contribution in [0.2, 0.25) is 0 Å². The summed E-state index contributed by atoms with van der Waals surface area (Å²) in [4.78, 5) is 28.2. The van der Waals surface area contributed by atoms with E-state index in [9.17, 15) is 14.9 Å². The number of fused-ring (bicyclic) bond motifs is 1. The zero-order valence-electron chi connectivity index (χ0n) is 11.6. The van der Waals surface area contributed by atoms with Gasteiger partial charge in [-0.25, -0.2) is 4.79 Å². The van der Waals surface area contributed by atoms with Crippen LogP contribution in [0.4, 0.5) is 0 Å².